The summed E-state index contributed by atoms with van der Waals surface area (Å²) in [6.45, 7) is 0. The third-order valence-corrected chi connectivity index (χ3v) is 4.22. The molecule has 0 radical (unpaired) electrons. The molecule has 130 valence electrons. The topological polar surface area (TPSA) is 66.8 Å². The molecular formula is C19H30O4. The standard InChI is InChI=1S/C19H30O4/c1-23-19(22)15-9-8-13-17(20)12-4-2-3-5-14-18(21)16-10-6-7-11-16/h2-5,12,14,16-18,20-21H,6-11,13,15H2,1H3/b3-2-,12-4+,14-5+. The van der Waals surface area contributed by atoms with Gasteiger partial charge in [-0.3, -0.25) is 4.79 Å². The molecule has 0 bridgehead atoms. The van der Waals surface area contributed by atoms with E-state index in [2.05, 4.69) is 4.74 Å². The normalized spacial score (nSPS) is 19.1. The van der Waals surface area contributed by atoms with Crippen molar-refractivity contribution in [3.63, 3.8) is 0 Å². The number of carbonyl (C=O) groups is 1. The number of carbonyl (C=O) groups excluding carboxylic acids is 1. The van der Waals surface area contributed by atoms with Gasteiger partial charge in [-0.15, -0.1) is 0 Å². The van der Waals surface area contributed by atoms with E-state index in [1.165, 1.54) is 20.0 Å². The van der Waals surface area contributed by atoms with E-state index in [1.54, 1.807) is 12.2 Å². The van der Waals surface area contributed by atoms with Gasteiger partial charge in [-0.25, -0.2) is 0 Å². The van der Waals surface area contributed by atoms with Gasteiger partial charge in [-0.1, -0.05) is 49.3 Å². The van der Waals surface area contributed by atoms with Crippen LogP contribution in [0.2, 0.25) is 0 Å². The summed E-state index contributed by atoms with van der Waals surface area (Å²) in [4.78, 5) is 10.9. The van der Waals surface area contributed by atoms with Crippen LogP contribution in [0.5, 0.6) is 0 Å². The van der Waals surface area contributed by atoms with Crippen molar-refractivity contribution in [1.29, 1.82) is 0 Å². The summed E-state index contributed by atoms with van der Waals surface area (Å²) in [5.41, 5.74) is 0. The molecule has 1 aliphatic rings. The molecule has 0 aromatic heterocycles. The fourth-order valence-corrected chi connectivity index (χ4v) is 2.78. The summed E-state index contributed by atoms with van der Waals surface area (Å²) in [5.74, 6) is 0.214. The highest BCUT2D eigenvalue weighted by atomic mass is 16.5. The molecule has 1 saturated carbocycles. The molecule has 0 amide bonds. The first-order valence-electron chi connectivity index (χ1n) is 8.58. The monoisotopic (exact) mass is 322 g/mol. The molecule has 2 N–H and O–H groups in total. The Morgan fingerprint density at radius 1 is 1.09 bits per heavy atom. The zero-order chi connectivity index (χ0) is 16.9. The van der Waals surface area contributed by atoms with Crippen LogP contribution in [0.4, 0.5) is 0 Å². The molecule has 0 aliphatic heterocycles. The number of hydrogen-bond acceptors (Lipinski definition) is 4. The number of rotatable bonds is 10. The molecule has 23 heavy (non-hydrogen) atoms. The molecule has 1 fully saturated rings. The molecule has 0 saturated heterocycles. The molecule has 2 unspecified atom stereocenters. The first kappa shape index (κ1) is 19.7. The van der Waals surface area contributed by atoms with Crippen molar-refractivity contribution < 1.29 is 19.7 Å². The van der Waals surface area contributed by atoms with Crippen LogP contribution in [0.3, 0.4) is 0 Å². The molecular weight excluding hydrogens is 292 g/mol. The van der Waals surface area contributed by atoms with Gasteiger partial charge in [0.2, 0.25) is 0 Å². The largest absolute Gasteiger partial charge is 0.469 e. The third-order valence-electron chi connectivity index (χ3n) is 4.22. The minimum Gasteiger partial charge on any atom is -0.469 e. The predicted octanol–water partition coefficient (Wildman–Crippen LogP) is 3.30. The minimum atomic E-state index is -0.495. The number of allylic oxidation sites excluding steroid dienone is 4. The van der Waals surface area contributed by atoms with Gasteiger partial charge in [0.15, 0.2) is 0 Å². The van der Waals surface area contributed by atoms with Gasteiger partial charge in [0.25, 0.3) is 0 Å². The van der Waals surface area contributed by atoms with Crippen LogP contribution < -0.4 is 0 Å². The molecule has 0 spiro atoms. The van der Waals surface area contributed by atoms with Crippen LogP contribution >= 0.6 is 0 Å². The van der Waals surface area contributed by atoms with E-state index in [-0.39, 0.29) is 12.1 Å². The highest BCUT2D eigenvalue weighted by Crippen LogP contribution is 2.28. The van der Waals surface area contributed by atoms with Gasteiger partial charge in [-0.2, -0.15) is 0 Å². The highest BCUT2D eigenvalue weighted by molar-refractivity contribution is 5.68. The maximum Gasteiger partial charge on any atom is 0.305 e. The third kappa shape index (κ3) is 9.36. The molecule has 0 heterocycles. The van der Waals surface area contributed by atoms with E-state index < -0.39 is 6.10 Å². The lowest BCUT2D eigenvalue weighted by atomic mass is 10.0. The van der Waals surface area contributed by atoms with Crippen molar-refractivity contribution in [2.24, 2.45) is 5.92 Å². The average molecular weight is 322 g/mol. The number of unbranched alkanes of at least 4 members (excludes halogenated alkanes) is 1. The first-order chi connectivity index (χ1) is 11.1. The summed E-state index contributed by atoms with van der Waals surface area (Å²) in [6.07, 6.45) is 17.4. The van der Waals surface area contributed by atoms with E-state index in [9.17, 15) is 15.0 Å². The molecule has 1 rings (SSSR count). The summed E-state index contributed by atoms with van der Waals surface area (Å²) >= 11 is 0. The van der Waals surface area contributed by atoms with Crippen molar-refractivity contribution in [2.75, 3.05) is 7.11 Å². The van der Waals surface area contributed by atoms with Crippen LogP contribution in [0.1, 0.15) is 51.4 Å². The lowest BCUT2D eigenvalue weighted by molar-refractivity contribution is -0.140. The highest BCUT2D eigenvalue weighted by Gasteiger charge is 2.20. The second-order valence-corrected chi connectivity index (χ2v) is 6.08. The van der Waals surface area contributed by atoms with Crippen molar-refractivity contribution >= 4 is 5.97 Å². The Hall–Kier alpha value is -1.39. The summed E-state index contributed by atoms with van der Waals surface area (Å²) < 4.78 is 4.56. The molecule has 4 nitrogen and oxygen atoms in total. The second-order valence-electron chi connectivity index (χ2n) is 6.08. The maximum absolute atomic E-state index is 10.9. The van der Waals surface area contributed by atoms with E-state index in [4.69, 9.17) is 0 Å². The van der Waals surface area contributed by atoms with Gasteiger partial charge in [0.05, 0.1) is 19.3 Å². The number of esters is 1. The van der Waals surface area contributed by atoms with Gasteiger partial charge < -0.3 is 14.9 Å². The SMILES string of the molecule is COC(=O)CCCCC(O)/C=C/C=C\C=C\C(O)C1CCCC1. The minimum absolute atomic E-state index is 0.204. The Balaban J connectivity index is 2.12. The van der Waals surface area contributed by atoms with Crippen LogP contribution in [0.25, 0.3) is 0 Å². The summed E-state index contributed by atoms with van der Waals surface area (Å²) in [5, 5.41) is 19.7. The van der Waals surface area contributed by atoms with Crippen LogP contribution in [0, 0.1) is 5.92 Å². The fraction of sp³-hybridized carbons (Fsp3) is 0.632. The van der Waals surface area contributed by atoms with Crippen LogP contribution in [-0.4, -0.2) is 35.5 Å². The van der Waals surface area contributed by atoms with Gasteiger partial charge in [-0.05, 0) is 38.0 Å². The summed E-state index contributed by atoms with van der Waals surface area (Å²) in [7, 11) is 1.38. The van der Waals surface area contributed by atoms with E-state index >= 15 is 0 Å². The molecule has 2 atom stereocenters. The van der Waals surface area contributed by atoms with E-state index in [0.29, 0.717) is 18.8 Å². The molecule has 0 aromatic rings. The first-order valence-corrected chi connectivity index (χ1v) is 8.58. The second kappa shape index (κ2) is 12.1. The molecule has 4 heteroatoms. The Bertz CT molecular complexity index is 406. The number of methoxy groups -OCH3 is 1. The Kier molecular flexibility index (Phi) is 10.3. The number of hydrogen-bond donors (Lipinski definition) is 2. The number of aliphatic hydroxyl groups excluding tert-OH is 2. The zero-order valence-electron chi connectivity index (χ0n) is 14.1. The van der Waals surface area contributed by atoms with Crippen molar-refractivity contribution in [3.05, 3.63) is 36.5 Å². The molecule has 1 aliphatic carbocycles. The molecule has 0 aromatic carbocycles. The maximum atomic E-state index is 10.9. The Morgan fingerprint density at radius 3 is 2.39 bits per heavy atom. The summed E-state index contributed by atoms with van der Waals surface area (Å²) in [6, 6.07) is 0. The quantitative estimate of drug-likeness (QED) is 0.368. The zero-order valence-corrected chi connectivity index (χ0v) is 14.1. The van der Waals surface area contributed by atoms with Crippen LogP contribution in [-0.2, 0) is 9.53 Å². The number of ether oxygens (including phenoxy) is 1. The van der Waals surface area contributed by atoms with Gasteiger partial charge in [0, 0.05) is 6.42 Å². The smallest absolute Gasteiger partial charge is 0.305 e. The van der Waals surface area contributed by atoms with Crippen molar-refractivity contribution in [1.82, 2.24) is 0 Å². The van der Waals surface area contributed by atoms with Gasteiger partial charge in [0.1, 0.15) is 0 Å². The van der Waals surface area contributed by atoms with E-state index in [1.807, 2.05) is 24.3 Å². The predicted molar refractivity (Wildman–Crippen MR) is 91.9 cm³/mol. The van der Waals surface area contributed by atoms with E-state index in [0.717, 1.165) is 25.7 Å². The Labute approximate surface area is 139 Å². The average Bonchev–Trinajstić information content (AvgIpc) is 3.08. The fourth-order valence-electron chi connectivity index (χ4n) is 2.78. The lowest BCUT2D eigenvalue weighted by Crippen LogP contribution is -2.13. The van der Waals surface area contributed by atoms with Crippen LogP contribution in [0.15, 0.2) is 36.5 Å². The number of aliphatic hydroxyl groups is 2. The lowest BCUT2D eigenvalue weighted by Gasteiger charge is -2.12. The van der Waals surface area contributed by atoms with Crippen molar-refractivity contribution in [3.8, 4) is 0 Å². The van der Waals surface area contributed by atoms with Crippen molar-refractivity contribution in [2.45, 2.75) is 63.6 Å². The Morgan fingerprint density at radius 2 is 1.74 bits per heavy atom. The van der Waals surface area contributed by atoms with Gasteiger partial charge >= 0.3 is 5.97 Å².